The van der Waals surface area contributed by atoms with Crippen molar-refractivity contribution in [1.29, 1.82) is 0 Å². The Morgan fingerprint density at radius 2 is 2.46 bits per heavy atom. The number of carboxylic acids is 1. The number of nitrogens with zero attached hydrogens (tertiary/aromatic N) is 2. The van der Waals surface area contributed by atoms with E-state index in [4.69, 9.17) is 5.11 Å². The van der Waals surface area contributed by atoms with Crippen molar-refractivity contribution < 1.29 is 9.90 Å². The van der Waals surface area contributed by atoms with Crippen molar-refractivity contribution in [2.75, 3.05) is 0 Å². The van der Waals surface area contributed by atoms with Crippen LogP contribution in [-0.2, 0) is 6.54 Å². The standard InChI is InChI=1S/C9H12N2O2/c1-3-7(2)6-11-5-4-8(10-11)9(12)13/h4-5H,2-3,6H2,1H3,(H,12,13). The molecule has 0 aliphatic carbocycles. The molecule has 0 spiro atoms. The second-order valence-electron chi connectivity index (χ2n) is 2.81. The van der Waals surface area contributed by atoms with E-state index in [2.05, 4.69) is 11.7 Å². The summed E-state index contributed by atoms with van der Waals surface area (Å²) in [6.45, 7) is 6.41. The Morgan fingerprint density at radius 3 is 2.92 bits per heavy atom. The van der Waals surface area contributed by atoms with Gasteiger partial charge in [0.05, 0.1) is 6.54 Å². The molecule has 0 fully saturated rings. The van der Waals surface area contributed by atoms with Gasteiger partial charge in [0.2, 0.25) is 0 Å². The van der Waals surface area contributed by atoms with Crippen molar-refractivity contribution in [3.63, 3.8) is 0 Å². The predicted octanol–water partition coefficient (Wildman–Crippen LogP) is 1.55. The van der Waals surface area contributed by atoms with Gasteiger partial charge >= 0.3 is 5.97 Å². The van der Waals surface area contributed by atoms with E-state index in [0.29, 0.717) is 6.54 Å². The van der Waals surface area contributed by atoms with E-state index >= 15 is 0 Å². The zero-order valence-corrected chi connectivity index (χ0v) is 7.53. The predicted molar refractivity (Wildman–Crippen MR) is 48.6 cm³/mol. The number of aromatic nitrogens is 2. The zero-order valence-electron chi connectivity index (χ0n) is 7.53. The summed E-state index contributed by atoms with van der Waals surface area (Å²) in [5.41, 5.74) is 1.10. The molecule has 0 aromatic carbocycles. The topological polar surface area (TPSA) is 55.1 Å². The number of carboxylic acid groups (broad SMARTS) is 1. The van der Waals surface area contributed by atoms with E-state index in [1.807, 2.05) is 6.92 Å². The number of hydrogen-bond donors (Lipinski definition) is 1. The number of hydrogen-bond acceptors (Lipinski definition) is 2. The molecule has 0 saturated heterocycles. The molecular weight excluding hydrogens is 168 g/mol. The molecule has 0 bridgehead atoms. The molecular formula is C9H12N2O2. The van der Waals surface area contributed by atoms with Gasteiger partial charge in [-0.3, -0.25) is 4.68 Å². The maximum absolute atomic E-state index is 10.5. The number of allylic oxidation sites excluding steroid dienone is 1. The fourth-order valence-electron chi connectivity index (χ4n) is 0.905. The van der Waals surface area contributed by atoms with E-state index in [1.54, 1.807) is 10.9 Å². The molecule has 13 heavy (non-hydrogen) atoms. The van der Waals surface area contributed by atoms with Crippen LogP contribution in [0.25, 0.3) is 0 Å². The maximum Gasteiger partial charge on any atom is 0.356 e. The second kappa shape index (κ2) is 3.89. The van der Waals surface area contributed by atoms with Gasteiger partial charge < -0.3 is 5.11 Å². The molecule has 1 N–H and O–H groups in total. The highest BCUT2D eigenvalue weighted by Crippen LogP contribution is 2.02. The summed E-state index contributed by atoms with van der Waals surface area (Å²) in [7, 11) is 0. The van der Waals surface area contributed by atoms with Crippen molar-refractivity contribution in [2.24, 2.45) is 0 Å². The first-order valence-corrected chi connectivity index (χ1v) is 4.07. The van der Waals surface area contributed by atoms with Crippen molar-refractivity contribution in [2.45, 2.75) is 19.9 Å². The minimum absolute atomic E-state index is 0.0731. The molecule has 4 heteroatoms. The van der Waals surface area contributed by atoms with Crippen LogP contribution in [0.4, 0.5) is 0 Å². The lowest BCUT2D eigenvalue weighted by Crippen LogP contribution is -2.03. The fourth-order valence-corrected chi connectivity index (χ4v) is 0.905. The monoisotopic (exact) mass is 180 g/mol. The average molecular weight is 180 g/mol. The van der Waals surface area contributed by atoms with Crippen LogP contribution in [-0.4, -0.2) is 20.9 Å². The van der Waals surface area contributed by atoms with Gasteiger partial charge in [-0.2, -0.15) is 5.10 Å². The van der Waals surface area contributed by atoms with Crippen LogP contribution in [0.5, 0.6) is 0 Å². The first-order chi connectivity index (χ1) is 6.13. The molecule has 70 valence electrons. The van der Waals surface area contributed by atoms with E-state index in [1.165, 1.54) is 6.07 Å². The van der Waals surface area contributed by atoms with E-state index in [9.17, 15) is 4.79 Å². The lowest BCUT2D eigenvalue weighted by Gasteiger charge is -2.01. The molecule has 0 saturated carbocycles. The quantitative estimate of drug-likeness (QED) is 0.715. The van der Waals surface area contributed by atoms with Crippen LogP contribution >= 0.6 is 0 Å². The highest BCUT2D eigenvalue weighted by Gasteiger charge is 2.06. The Balaban J connectivity index is 2.69. The van der Waals surface area contributed by atoms with E-state index in [0.717, 1.165) is 12.0 Å². The third kappa shape index (κ3) is 2.43. The molecule has 0 atom stereocenters. The smallest absolute Gasteiger partial charge is 0.356 e. The largest absolute Gasteiger partial charge is 0.476 e. The van der Waals surface area contributed by atoms with Crippen LogP contribution in [0.2, 0.25) is 0 Å². The van der Waals surface area contributed by atoms with E-state index in [-0.39, 0.29) is 5.69 Å². The number of aromatic carboxylic acids is 1. The normalized spacial score (nSPS) is 9.92. The summed E-state index contributed by atoms with van der Waals surface area (Å²) in [6.07, 6.45) is 2.52. The Labute approximate surface area is 76.5 Å². The van der Waals surface area contributed by atoms with Crippen LogP contribution in [0.15, 0.2) is 24.4 Å². The SMILES string of the molecule is C=C(CC)Cn1ccc(C(=O)O)n1. The van der Waals surface area contributed by atoms with Crippen LogP contribution < -0.4 is 0 Å². The first kappa shape index (κ1) is 9.51. The molecule has 1 aromatic heterocycles. The van der Waals surface area contributed by atoms with Crippen LogP contribution in [0.1, 0.15) is 23.8 Å². The first-order valence-electron chi connectivity index (χ1n) is 4.07. The van der Waals surface area contributed by atoms with Gasteiger partial charge in [0, 0.05) is 6.20 Å². The van der Waals surface area contributed by atoms with Crippen LogP contribution in [0, 0.1) is 0 Å². The lowest BCUT2D eigenvalue weighted by molar-refractivity contribution is 0.0689. The number of rotatable bonds is 4. The van der Waals surface area contributed by atoms with Crippen molar-refractivity contribution in [3.8, 4) is 0 Å². The lowest BCUT2D eigenvalue weighted by atomic mass is 10.2. The van der Waals surface area contributed by atoms with Crippen LogP contribution in [0.3, 0.4) is 0 Å². The van der Waals surface area contributed by atoms with E-state index < -0.39 is 5.97 Å². The third-order valence-corrected chi connectivity index (χ3v) is 1.75. The van der Waals surface area contributed by atoms with Gasteiger partial charge in [0.1, 0.15) is 0 Å². The van der Waals surface area contributed by atoms with Gasteiger partial charge in [-0.15, -0.1) is 0 Å². The Bertz CT molecular complexity index is 328. The average Bonchev–Trinajstić information content (AvgIpc) is 2.52. The Hall–Kier alpha value is -1.58. The highest BCUT2D eigenvalue weighted by atomic mass is 16.4. The summed E-state index contributed by atoms with van der Waals surface area (Å²) >= 11 is 0. The van der Waals surface area contributed by atoms with Gasteiger partial charge in [-0.1, -0.05) is 19.1 Å². The van der Waals surface area contributed by atoms with Crippen molar-refractivity contribution in [3.05, 3.63) is 30.1 Å². The molecule has 0 radical (unpaired) electrons. The summed E-state index contributed by atoms with van der Waals surface area (Å²) in [4.78, 5) is 10.5. The molecule has 0 aliphatic heterocycles. The van der Waals surface area contributed by atoms with Gasteiger partial charge in [0.25, 0.3) is 0 Å². The molecule has 1 aromatic rings. The van der Waals surface area contributed by atoms with Crippen molar-refractivity contribution >= 4 is 5.97 Å². The summed E-state index contributed by atoms with van der Waals surface area (Å²) in [5, 5.41) is 12.4. The van der Waals surface area contributed by atoms with Gasteiger partial charge in [-0.25, -0.2) is 4.79 Å². The molecule has 0 amide bonds. The summed E-state index contributed by atoms with van der Waals surface area (Å²) < 4.78 is 1.58. The van der Waals surface area contributed by atoms with Gasteiger partial charge in [0.15, 0.2) is 5.69 Å². The van der Waals surface area contributed by atoms with Gasteiger partial charge in [-0.05, 0) is 12.5 Å². The zero-order chi connectivity index (χ0) is 9.84. The molecule has 0 aliphatic rings. The Morgan fingerprint density at radius 1 is 1.77 bits per heavy atom. The Kier molecular flexibility index (Phi) is 2.84. The third-order valence-electron chi connectivity index (χ3n) is 1.75. The molecule has 4 nitrogen and oxygen atoms in total. The molecule has 0 unspecified atom stereocenters. The molecule has 1 rings (SSSR count). The number of carbonyl (C=O) groups is 1. The minimum Gasteiger partial charge on any atom is -0.476 e. The summed E-state index contributed by atoms with van der Waals surface area (Å²) in [6, 6.07) is 1.48. The fraction of sp³-hybridized carbons (Fsp3) is 0.333. The second-order valence-corrected chi connectivity index (χ2v) is 2.81. The highest BCUT2D eigenvalue weighted by molar-refractivity contribution is 5.84. The van der Waals surface area contributed by atoms with Crippen molar-refractivity contribution in [1.82, 2.24) is 9.78 Å². The molecule has 1 heterocycles. The maximum atomic E-state index is 10.5. The summed E-state index contributed by atoms with van der Waals surface area (Å²) in [5.74, 6) is -0.999. The minimum atomic E-state index is -0.999.